The van der Waals surface area contributed by atoms with Crippen molar-refractivity contribution in [2.75, 3.05) is 0 Å². The molecule has 2 aliphatic rings. The number of halogens is 1. The Morgan fingerprint density at radius 1 is 1.26 bits per heavy atom. The number of allylic oxidation sites excluding steroid dienone is 4. The number of hydrogen-bond donors (Lipinski definition) is 0. The van der Waals surface area contributed by atoms with Crippen molar-refractivity contribution in [1.82, 2.24) is 4.90 Å². The number of benzene rings is 1. The van der Waals surface area contributed by atoms with Gasteiger partial charge in [0.2, 0.25) is 0 Å². The lowest BCUT2D eigenvalue weighted by Crippen LogP contribution is -2.36. The minimum Gasteiger partial charge on any atom is -0.361 e. The molecule has 1 atom stereocenters. The molecule has 0 spiro atoms. The molecule has 118 valence electrons. The predicted octanol–water partition coefficient (Wildman–Crippen LogP) is 4.27. The lowest BCUT2D eigenvalue weighted by molar-refractivity contribution is -0.104. The Hall–Kier alpha value is -2.42. The van der Waals surface area contributed by atoms with Crippen LogP contribution in [0.5, 0.6) is 0 Å². The molecule has 1 aliphatic carbocycles. The van der Waals surface area contributed by atoms with E-state index in [4.69, 9.17) is 0 Å². The largest absolute Gasteiger partial charge is 0.361 e. The molecule has 0 radical (unpaired) electrons. The first-order chi connectivity index (χ1) is 11.1. The summed E-state index contributed by atoms with van der Waals surface area (Å²) in [6.07, 6.45) is 11.5. The van der Waals surface area contributed by atoms with Gasteiger partial charge in [-0.15, -0.1) is 0 Å². The zero-order valence-corrected chi connectivity index (χ0v) is 13.4. The third kappa shape index (κ3) is 2.79. The third-order valence-electron chi connectivity index (χ3n) is 4.31. The molecule has 23 heavy (non-hydrogen) atoms. The number of nitrogens with zero attached hydrogens (tertiary/aromatic N) is 1. The van der Waals surface area contributed by atoms with Gasteiger partial charge in [-0.25, -0.2) is 4.39 Å². The van der Waals surface area contributed by atoms with E-state index >= 15 is 0 Å². The lowest BCUT2D eigenvalue weighted by Gasteiger charge is -2.33. The summed E-state index contributed by atoms with van der Waals surface area (Å²) in [6.45, 7) is 4.30. The number of hydrogen-bond acceptors (Lipinski definition) is 2. The molecule has 1 aromatic rings. The van der Waals surface area contributed by atoms with Crippen molar-refractivity contribution in [2.24, 2.45) is 0 Å². The number of aldehydes is 1. The fraction of sp³-hybridized carbons (Fsp3) is 0.250. The molecular weight excluding hydrogens is 289 g/mol. The first-order valence-corrected chi connectivity index (χ1v) is 7.91. The second-order valence-corrected chi connectivity index (χ2v) is 6.07. The van der Waals surface area contributed by atoms with Gasteiger partial charge in [-0.2, -0.15) is 0 Å². The van der Waals surface area contributed by atoms with Crippen LogP contribution >= 0.6 is 0 Å². The van der Waals surface area contributed by atoms with Crippen LogP contribution in [-0.4, -0.2) is 23.3 Å². The van der Waals surface area contributed by atoms with Crippen LogP contribution < -0.4 is 0 Å². The fourth-order valence-electron chi connectivity index (χ4n) is 3.44. The predicted molar refractivity (Wildman–Crippen MR) is 91.1 cm³/mol. The molecule has 0 saturated heterocycles. The van der Waals surface area contributed by atoms with Gasteiger partial charge in [0.15, 0.2) is 0 Å². The van der Waals surface area contributed by atoms with Crippen LogP contribution in [0.4, 0.5) is 4.39 Å². The van der Waals surface area contributed by atoms with Gasteiger partial charge in [-0.1, -0.05) is 30.4 Å². The molecule has 1 aliphatic heterocycles. The van der Waals surface area contributed by atoms with Gasteiger partial charge in [0.25, 0.3) is 0 Å². The van der Waals surface area contributed by atoms with Gasteiger partial charge in [0.1, 0.15) is 12.1 Å². The molecule has 3 rings (SSSR count). The van der Waals surface area contributed by atoms with E-state index in [1.54, 1.807) is 12.1 Å². The second kappa shape index (κ2) is 6.37. The summed E-state index contributed by atoms with van der Waals surface area (Å²) in [6, 6.07) is 7.15. The summed E-state index contributed by atoms with van der Waals surface area (Å²) in [5, 5.41) is 0. The SMILES string of the molecule is CC(C)N1C(/C=C/C=O)=C(c2ccc(F)cc2)C2=CC=CCC21. The van der Waals surface area contributed by atoms with Gasteiger partial charge in [-0.3, -0.25) is 4.79 Å². The standard InChI is InChI=1S/C20H20FNO/c1-14(2)22-18-7-4-3-6-17(18)20(19(22)8-5-13-23)15-9-11-16(21)12-10-15/h3-6,8-14,18H,7H2,1-2H3/b8-5+. The summed E-state index contributed by atoms with van der Waals surface area (Å²) >= 11 is 0. The molecule has 0 bridgehead atoms. The Morgan fingerprint density at radius 2 is 2.00 bits per heavy atom. The topological polar surface area (TPSA) is 20.3 Å². The monoisotopic (exact) mass is 309 g/mol. The number of carbonyl (C=O) groups excluding carboxylic acids is 1. The van der Waals surface area contributed by atoms with E-state index in [0.717, 1.165) is 29.5 Å². The van der Waals surface area contributed by atoms with Gasteiger partial charge in [0, 0.05) is 17.3 Å². The van der Waals surface area contributed by atoms with Crippen molar-refractivity contribution in [3.8, 4) is 0 Å². The smallest absolute Gasteiger partial charge is 0.142 e. The highest BCUT2D eigenvalue weighted by Gasteiger charge is 2.36. The van der Waals surface area contributed by atoms with Gasteiger partial charge >= 0.3 is 0 Å². The Kier molecular flexibility index (Phi) is 4.28. The molecule has 0 amide bonds. The van der Waals surface area contributed by atoms with Crippen molar-refractivity contribution in [1.29, 1.82) is 0 Å². The van der Waals surface area contributed by atoms with Crippen molar-refractivity contribution < 1.29 is 9.18 Å². The summed E-state index contributed by atoms with van der Waals surface area (Å²) in [5.41, 5.74) is 4.33. The molecule has 1 heterocycles. The van der Waals surface area contributed by atoms with Gasteiger partial charge in [-0.05, 0) is 55.7 Å². The minimum absolute atomic E-state index is 0.243. The average molecular weight is 309 g/mol. The van der Waals surface area contributed by atoms with E-state index in [9.17, 15) is 9.18 Å². The minimum atomic E-state index is -0.243. The van der Waals surface area contributed by atoms with Crippen LogP contribution in [0.2, 0.25) is 0 Å². The molecule has 0 fully saturated rings. The Balaban J connectivity index is 2.21. The van der Waals surface area contributed by atoms with E-state index in [1.807, 2.05) is 6.08 Å². The maximum atomic E-state index is 13.3. The van der Waals surface area contributed by atoms with E-state index < -0.39 is 0 Å². The Bertz CT molecular complexity index is 723. The van der Waals surface area contributed by atoms with Crippen LogP contribution in [-0.2, 0) is 4.79 Å². The maximum Gasteiger partial charge on any atom is 0.142 e. The maximum absolute atomic E-state index is 13.3. The second-order valence-electron chi connectivity index (χ2n) is 6.07. The summed E-state index contributed by atoms with van der Waals surface area (Å²) < 4.78 is 13.3. The molecular formula is C20H20FNO. The Labute approximate surface area is 136 Å². The number of rotatable bonds is 4. The molecule has 0 N–H and O–H groups in total. The van der Waals surface area contributed by atoms with E-state index in [2.05, 4.69) is 37.0 Å². The third-order valence-corrected chi connectivity index (χ3v) is 4.31. The van der Waals surface area contributed by atoms with Crippen LogP contribution in [0, 0.1) is 5.82 Å². The normalized spacial score (nSPS) is 20.4. The van der Waals surface area contributed by atoms with Crippen molar-refractivity contribution >= 4 is 11.9 Å². The molecule has 2 nitrogen and oxygen atoms in total. The Morgan fingerprint density at radius 3 is 2.65 bits per heavy atom. The number of carbonyl (C=O) groups is 1. The van der Waals surface area contributed by atoms with E-state index in [0.29, 0.717) is 6.04 Å². The highest BCUT2D eigenvalue weighted by molar-refractivity contribution is 5.88. The zero-order chi connectivity index (χ0) is 16.4. The van der Waals surface area contributed by atoms with Crippen LogP contribution in [0.15, 0.2) is 65.9 Å². The quantitative estimate of drug-likeness (QED) is 0.611. The van der Waals surface area contributed by atoms with Crippen LogP contribution in [0.25, 0.3) is 5.57 Å². The molecule has 1 aromatic carbocycles. The van der Waals surface area contributed by atoms with Crippen molar-refractivity contribution in [3.05, 3.63) is 77.3 Å². The first kappa shape index (κ1) is 15.5. The lowest BCUT2D eigenvalue weighted by atomic mass is 9.90. The van der Waals surface area contributed by atoms with Crippen molar-refractivity contribution in [3.63, 3.8) is 0 Å². The van der Waals surface area contributed by atoms with Crippen LogP contribution in [0.3, 0.4) is 0 Å². The van der Waals surface area contributed by atoms with E-state index in [1.165, 1.54) is 23.8 Å². The highest BCUT2D eigenvalue weighted by Crippen LogP contribution is 2.44. The molecule has 3 heteroatoms. The van der Waals surface area contributed by atoms with Gasteiger partial charge < -0.3 is 4.90 Å². The summed E-state index contributed by atoms with van der Waals surface area (Å²) in [7, 11) is 0. The summed E-state index contributed by atoms with van der Waals surface area (Å²) in [4.78, 5) is 13.2. The number of fused-ring (bicyclic) bond motifs is 1. The molecule has 1 unspecified atom stereocenters. The highest BCUT2D eigenvalue weighted by atomic mass is 19.1. The average Bonchev–Trinajstić information content (AvgIpc) is 2.88. The first-order valence-electron chi connectivity index (χ1n) is 7.91. The zero-order valence-electron chi connectivity index (χ0n) is 13.4. The molecule has 0 saturated carbocycles. The summed E-state index contributed by atoms with van der Waals surface area (Å²) in [5.74, 6) is -0.243. The fourth-order valence-corrected chi connectivity index (χ4v) is 3.44. The van der Waals surface area contributed by atoms with Gasteiger partial charge in [0.05, 0.1) is 6.04 Å². The molecule has 0 aromatic heterocycles. The van der Waals surface area contributed by atoms with Crippen LogP contribution in [0.1, 0.15) is 25.8 Å². The van der Waals surface area contributed by atoms with Crippen molar-refractivity contribution in [2.45, 2.75) is 32.4 Å². The van der Waals surface area contributed by atoms with E-state index in [-0.39, 0.29) is 11.9 Å².